The van der Waals surface area contributed by atoms with Crippen molar-refractivity contribution in [1.29, 1.82) is 0 Å². The first-order valence-corrected chi connectivity index (χ1v) is 7.12. The summed E-state index contributed by atoms with van der Waals surface area (Å²) in [7, 11) is 0. The molecular weight excluding hydrogens is 268 g/mol. The number of nitrogens with zero attached hydrogens (tertiary/aromatic N) is 2. The minimum atomic E-state index is -0.776. The molecule has 6 nitrogen and oxygen atoms in total. The van der Waals surface area contributed by atoms with Crippen molar-refractivity contribution in [3.63, 3.8) is 0 Å². The lowest BCUT2D eigenvalue weighted by Gasteiger charge is -2.21. The molecule has 1 aliphatic rings. The van der Waals surface area contributed by atoms with Gasteiger partial charge in [-0.25, -0.2) is 4.98 Å². The number of H-pyrrole nitrogens is 1. The number of carbonyl (C=O) groups is 1. The molecule has 0 aliphatic heterocycles. The molecule has 0 bridgehead atoms. The fourth-order valence-electron chi connectivity index (χ4n) is 2.64. The van der Waals surface area contributed by atoms with E-state index in [1.54, 1.807) is 24.7 Å². The molecule has 0 radical (unpaired) electrons. The highest BCUT2D eigenvalue weighted by atomic mass is 16.3. The number of aromatic nitrogens is 3. The van der Waals surface area contributed by atoms with Crippen LogP contribution in [-0.2, 0) is 17.6 Å². The molecule has 3 rings (SSSR count). The Bertz CT molecular complexity index is 611. The average molecular weight is 286 g/mol. The van der Waals surface area contributed by atoms with E-state index in [1.165, 1.54) is 0 Å². The number of hydrogen-bond acceptors (Lipinski definition) is 4. The van der Waals surface area contributed by atoms with Crippen LogP contribution in [0, 0.1) is 5.92 Å². The summed E-state index contributed by atoms with van der Waals surface area (Å²) in [6.07, 6.45) is 4.82. The van der Waals surface area contributed by atoms with Gasteiger partial charge in [-0.2, -0.15) is 0 Å². The van der Waals surface area contributed by atoms with Crippen molar-refractivity contribution in [1.82, 2.24) is 20.3 Å². The zero-order valence-electron chi connectivity index (χ0n) is 11.6. The molecule has 6 heteroatoms. The van der Waals surface area contributed by atoms with E-state index in [2.05, 4.69) is 20.3 Å². The number of aryl methyl sites for hydroxylation is 1. The molecule has 110 valence electrons. The van der Waals surface area contributed by atoms with Crippen LogP contribution in [-0.4, -0.2) is 32.5 Å². The summed E-state index contributed by atoms with van der Waals surface area (Å²) in [4.78, 5) is 23.6. The number of amides is 1. The normalized spacial score (nSPS) is 18.8. The average Bonchev–Trinajstić information content (AvgIpc) is 3.00. The second-order valence-corrected chi connectivity index (χ2v) is 5.28. The number of hydrogen-bond donors (Lipinski definition) is 3. The smallest absolute Gasteiger partial charge is 0.223 e. The Labute approximate surface area is 122 Å². The first kappa shape index (κ1) is 13.8. The Morgan fingerprint density at radius 3 is 3.19 bits per heavy atom. The molecule has 0 saturated heterocycles. The molecule has 0 saturated carbocycles. The van der Waals surface area contributed by atoms with E-state index < -0.39 is 6.10 Å². The van der Waals surface area contributed by atoms with Gasteiger partial charge in [-0.15, -0.1) is 0 Å². The number of aromatic amines is 1. The van der Waals surface area contributed by atoms with Gasteiger partial charge in [-0.3, -0.25) is 9.78 Å². The number of rotatable bonds is 4. The number of pyridine rings is 1. The summed E-state index contributed by atoms with van der Waals surface area (Å²) in [6.45, 7) is 0.183. The third-order valence-corrected chi connectivity index (χ3v) is 3.86. The summed E-state index contributed by atoms with van der Waals surface area (Å²) >= 11 is 0. The largest absolute Gasteiger partial charge is 0.385 e. The van der Waals surface area contributed by atoms with Crippen molar-refractivity contribution in [2.75, 3.05) is 6.54 Å². The van der Waals surface area contributed by atoms with E-state index in [1.807, 2.05) is 6.07 Å². The van der Waals surface area contributed by atoms with Crippen molar-refractivity contribution in [2.45, 2.75) is 25.4 Å². The molecule has 21 heavy (non-hydrogen) atoms. The molecule has 0 aromatic carbocycles. The number of aliphatic hydroxyl groups is 1. The second-order valence-electron chi connectivity index (χ2n) is 5.28. The molecule has 3 N–H and O–H groups in total. The number of nitrogens with one attached hydrogen (secondary N) is 2. The molecule has 2 heterocycles. The Balaban J connectivity index is 1.53. The van der Waals surface area contributed by atoms with E-state index in [9.17, 15) is 9.90 Å². The van der Waals surface area contributed by atoms with Crippen molar-refractivity contribution < 1.29 is 9.90 Å². The summed E-state index contributed by atoms with van der Waals surface area (Å²) in [5.74, 6) is -0.0842. The molecular formula is C15H18N4O2. The van der Waals surface area contributed by atoms with Gasteiger partial charge in [0.15, 0.2) is 0 Å². The maximum atomic E-state index is 12.2. The molecule has 1 amide bonds. The fraction of sp³-hybridized carbons (Fsp3) is 0.400. The zero-order chi connectivity index (χ0) is 14.7. The Morgan fingerprint density at radius 1 is 1.48 bits per heavy atom. The minimum Gasteiger partial charge on any atom is -0.385 e. The Hall–Kier alpha value is -2.21. The summed E-state index contributed by atoms with van der Waals surface area (Å²) in [5, 5.41) is 12.8. The Morgan fingerprint density at radius 2 is 2.38 bits per heavy atom. The van der Waals surface area contributed by atoms with Crippen LogP contribution in [0.3, 0.4) is 0 Å². The zero-order valence-corrected chi connectivity index (χ0v) is 11.6. The number of fused-ring (bicyclic) bond motifs is 1. The van der Waals surface area contributed by atoms with Gasteiger partial charge in [0, 0.05) is 30.8 Å². The SMILES string of the molecule is O=C(NCC(O)c1ccccn1)C1CCc2nc[nH]c2C1. The summed E-state index contributed by atoms with van der Waals surface area (Å²) < 4.78 is 0. The highest BCUT2D eigenvalue weighted by Gasteiger charge is 2.26. The van der Waals surface area contributed by atoms with Gasteiger partial charge in [0.2, 0.25) is 5.91 Å². The van der Waals surface area contributed by atoms with Gasteiger partial charge in [0.1, 0.15) is 6.10 Å². The van der Waals surface area contributed by atoms with Gasteiger partial charge < -0.3 is 15.4 Å². The van der Waals surface area contributed by atoms with Crippen molar-refractivity contribution >= 4 is 5.91 Å². The van der Waals surface area contributed by atoms with Crippen LogP contribution in [0.2, 0.25) is 0 Å². The van der Waals surface area contributed by atoms with Crippen LogP contribution >= 0.6 is 0 Å². The molecule has 2 aromatic rings. The molecule has 0 spiro atoms. The number of imidazole rings is 1. The molecule has 1 aliphatic carbocycles. The first-order valence-electron chi connectivity index (χ1n) is 7.12. The van der Waals surface area contributed by atoms with Crippen LogP contribution in [0.4, 0.5) is 0 Å². The summed E-state index contributed by atoms with van der Waals surface area (Å²) in [5.41, 5.74) is 2.68. The topological polar surface area (TPSA) is 90.9 Å². The van der Waals surface area contributed by atoms with Gasteiger partial charge in [-0.1, -0.05) is 6.07 Å². The highest BCUT2D eigenvalue weighted by Crippen LogP contribution is 2.23. The molecule has 0 fully saturated rings. The lowest BCUT2D eigenvalue weighted by Crippen LogP contribution is -2.36. The predicted octanol–water partition coefficient (Wildman–Crippen LogP) is 0.759. The van der Waals surface area contributed by atoms with Crippen molar-refractivity contribution in [2.24, 2.45) is 5.92 Å². The predicted molar refractivity (Wildman–Crippen MR) is 76.3 cm³/mol. The molecule has 2 unspecified atom stereocenters. The van der Waals surface area contributed by atoms with Gasteiger partial charge in [0.05, 0.1) is 17.7 Å². The Kier molecular flexibility index (Phi) is 3.96. The quantitative estimate of drug-likeness (QED) is 0.774. The third kappa shape index (κ3) is 3.11. The van der Waals surface area contributed by atoms with Crippen LogP contribution in [0.1, 0.15) is 29.6 Å². The van der Waals surface area contributed by atoms with Crippen LogP contribution in [0.5, 0.6) is 0 Å². The number of aliphatic hydroxyl groups excluding tert-OH is 1. The number of carbonyl (C=O) groups excluding carboxylic acids is 1. The third-order valence-electron chi connectivity index (χ3n) is 3.86. The second kappa shape index (κ2) is 6.05. The molecule has 2 atom stereocenters. The monoisotopic (exact) mass is 286 g/mol. The van der Waals surface area contributed by atoms with E-state index in [0.29, 0.717) is 12.1 Å². The lowest BCUT2D eigenvalue weighted by atomic mass is 9.89. The van der Waals surface area contributed by atoms with E-state index in [4.69, 9.17) is 0 Å². The van der Waals surface area contributed by atoms with Crippen LogP contribution in [0.25, 0.3) is 0 Å². The van der Waals surface area contributed by atoms with Gasteiger partial charge >= 0.3 is 0 Å². The van der Waals surface area contributed by atoms with E-state index in [0.717, 1.165) is 24.2 Å². The fourth-order valence-corrected chi connectivity index (χ4v) is 2.64. The highest BCUT2D eigenvalue weighted by molar-refractivity contribution is 5.79. The maximum absolute atomic E-state index is 12.2. The van der Waals surface area contributed by atoms with Crippen molar-refractivity contribution in [3.8, 4) is 0 Å². The van der Waals surface area contributed by atoms with Crippen molar-refractivity contribution in [3.05, 3.63) is 47.8 Å². The summed E-state index contributed by atoms with van der Waals surface area (Å²) in [6, 6.07) is 5.35. The lowest BCUT2D eigenvalue weighted by molar-refractivity contribution is -0.125. The van der Waals surface area contributed by atoms with Gasteiger partial charge in [0.25, 0.3) is 0 Å². The molecule has 2 aromatic heterocycles. The van der Waals surface area contributed by atoms with E-state index in [-0.39, 0.29) is 18.4 Å². The van der Waals surface area contributed by atoms with Crippen LogP contribution < -0.4 is 5.32 Å². The standard InChI is InChI=1S/C15H18N4O2/c20-14(12-3-1-2-6-16-12)8-17-15(21)10-4-5-11-13(7-10)19-9-18-11/h1-3,6,9-10,14,20H,4-5,7-8H2,(H,17,21)(H,18,19). The first-order chi connectivity index (χ1) is 10.2. The maximum Gasteiger partial charge on any atom is 0.223 e. The van der Waals surface area contributed by atoms with E-state index >= 15 is 0 Å². The van der Waals surface area contributed by atoms with Crippen LogP contribution in [0.15, 0.2) is 30.7 Å². The van der Waals surface area contributed by atoms with Gasteiger partial charge in [-0.05, 0) is 25.0 Å². The minimum absolute atomic E-state index is 0.0229.